The lowest BCUT2D eigenvalue weighted by Crippen LogP contribution is -2.42. The zero-order chi connectivity index (χ0) is 14.0. The van der Waals surface area contributed by atoms with Gasteiger partial charge in [0.2, 0.25) is 0 Å². The highest BCUT2D eigenvalue weighted by Crippen LogP contribution is 2.32. The van der Waals surface area contributed by atoms with E-state index < -0.39 is 10.7 Å². The maximum atomic E-state index is 13.4. The molecule has 19 heavy (non-hydrogen) atoms. The minimum atomic E-state index is -0.648. The second-order valence-electron chi connectivity index (χ2n) is 4.74. The number of nitrogens with zero attached hydrogens (tertiary/aromatic N) is 1. The monoisotopic (exact) mass is 331 g/mol. The molecule has 0 aromatic heterocycles. The van der Waals surface area contributed by atoms with E-state index in [1.165, 1.54) is 6.07 Å². The molecule has 0 radical (unpaired) electrons. The van der Waals surface area contributed by atoms with Gasteiger partial charge in [-0.2, -0.15) is 0 Å². The van der Waals surface area contributed by atoms with Gasteiger partial charge in [0.05, 0.1) is 15.5 Å². The number of benzene rings is 1. The summed E-state index contributed by atoms with van der Waals surface area (Å²) < 4.78 is 13.6. The summed E-state index contributed by atoms with van der Waals surface area (Å²) in [4.78, 5) is 10.4. The van der Waals surface area contributed by atoms with E-state index in [0.29, 0.717) is 5.69 Å². The van der Waals surface area contributed by atoms with Crippen LogP contribution in [0.3, 0.4) is 0 Å². The maximum Gasteiger partial charge on any atom is 0.295 e. The molecule has 0 aliphatic heterocycles. The van der Waals surface area contributed by atoms with Crippen LogP contribution < -0.4 is 11.1 Å². The largest absolute Gasteiger partial charge is 0.375 e. The third-order valence-corrected chi connectivity index (χ3v) is 4.00. The smallest absolute Gasteiger partial charge is 0.295 e. The first-order chi connectivity index (χ1) is 8.99. The first kappa shape index (κ1) is 14.2. The second kappa shape index (κ2) is 5.83. The van der Waals surface area contributed by atoms with Crippen molar-refractivity contribution in [3.8, 4) is 0 Å². The molecule has 0 heterocycles. The van der Waals surface area contributed by atoms with Crippen LogP contribution in [0.5, 0.6) is 0 Å². The molecular formula is C12H15BrFN3O2. The fourth-order valence-electron chi connectivity index (χ4n) is 2.34. The molecule has 0 saturated heterocycles. The summed E-state index contributed by atoms with van der Waals surface area (Å²) in [6.45, 7) is 0. The van der Waals surface area contributed by atoms with Crippen molar-refractivity contribution in [1.82, 2.24) is 0 Å². The molecule has 7 heteroatoms. The van der Waals surface area contributed by atoms with Gasteiger partial charge >= 0.3 is 0 Å². The SMILES string of the molecule is N[C@@H]1CCCC[C@H]1Nc1cc(Br)c(F)cc1[N+](=O)[O-]. The topological polar surface area (TPSA) is 81.2 Å². The van der Waals surface area contributed by atoms with Crippen LogP contribution in [0.1, 0.15) is 25.7 Å². The lowest BCUT2D eigenvalue weighted by Gasteiger charge is -2.30. The van der Waals surface area contributed by atoms with Crippen LogP contribution in [0.4, 0.5) is 15.8 Å². The molecular weight excluding hydrogens is 317 g/mol. The van der Waals surface area contributed by atoms with Crippen molar-refractivity contribution in [3.05, 3.63) is 32.5 Å². The van der Waals surface area contributed by atoms with E-state index in [4.69, 9.17) is 5.73 Å². The molecule has 2 rings (SSSR count). The molecule has 5 nitrogen and oxygen atoms in total. The molecule has 0 spiro atoms. The number of nitrogens with two attached hydrogens (primary N) is 1. The average Bonchev–Trinajstić information content (AvgIpc) is 2.36. The Morgan fingerprint density at radius 3 is 2.74 bits per heavy atom. The van der Waals surface area contributed by atoms with Crippen LogP contribution in [0, 0.1) is 15.9 Å². The van der Waals surface area contributed by atoms with E-state index in [0.717, 1.165) is 31.7 Å². The van der Waals surface area contributed by atoms with Crippen molar-refractivity contribution in [3.63, 3.8) is 0 Å². The van der Waals surface area contributed by atoms with E-state index >= 15 is 0 Å². The van der Waals surface area contributed by atoms with Gasteiger partial charge in [0.1, 0.15) is 11.5 Å². The fraction of sp³-hybridized carbons (Fsp3) is 0.500. The predicted molar refractivity (Wildman–Crippen MR) is 74.6 cm³/mol. The number of hydrogen-bond donors (Lipinski definition) is 2. The minimum Gasteiger partial charge on any atom is -0.375 e. The predicted octanol–water partition coefficient (Wildman–Crippen LogP) is 3.18. The lowest BCUT2D eigenvalue weighted by molar-refractivity contribution is -0.384. The van der Waals surface area contributed by atoms with Crippen LogP contribution in [-0.2, 0) is 0 Å². The van der Waals surface area contributed by atoms with Gasteiger partial charge in [-0.15, -0.1) is 0 Å². The Labute approximate surface area is 118 Å². The maximum absolute atomic E-state index is 13.4. The Morgan fingerprint density at radius 1 is 1.42 bits per heavy atom. The lowest BCUT2D eigenvalue weighted by atomic mass is 9.91. The van der Waals surface area contributed by atoms with Crippen LogP contribution in [0.25, 0.3) is 0 Å². The first-order valence-electron chi connectivity index (χ1n) is 6.14. The first-order valence-corrected chi connectivity index (χ1v) is 6.94. The number of halogens is 2. The molecule has 2 atom stereocenters. The van der Waals surface area contributed by atoms with E-state index in [1.807, 2.05) is 0 Å². The third kappa shape index (κ3) is 3.22. The van der Waals surface area contributed by atoms with E-state index in [1.54, 1.807) is 0 Å². The van der Waals surface area contributed by atoms with Gasteiger partial charge in [-0.3, -0.25) is 10.1 Å². The van der Waals surface area contributed by atoms with Gasteiger partial charge in [-0.25, -0.2) is 4.39 Å². The molecule has 3 N–H and O–H groups in total. The highest BCUT2D eigenvalue weighted by atomic mass is 79.9. The number of anilines is 1. The molecule has 1 aromatic rings. The molecule has 1 aliphatic rings. The van der Waals surface area contributed by atoms with Crippen molar-refractivity contribution >= 4 is 27.3 Å². The Bertz CT molecular complexity index is 498. The van der Waals surface area contributed by atoms with Gasteiger partial charge < -0.3 is 11.1 Å². The van der Waals surface area contributed by atoms with Crippen molar-refractivity contribution in [2.75, 3.05) is 5.32 Å². The van der Waals surface area contributed by atoms with E-state index in [2.05, 4.69) is 21.2 Å². The number of nitrogens with one attached hydrogen (secondary N) is 1. The van der Waals surface area contributed by atoms with Crippen molar-refractivity contribution in [1.29, 1.82) is 0 Å². The summed E-state index contributed by atoms with van der Waals surface area (Å²) in [7, 11) is 0. The summed E-state index contributed by atoms with van der Waals surface area (Å²) in [6.07, 6.45) is 3.89. The van der Waals surface area contributed by atoms with E-state index in [-0.39, 0.29) is 22.2 Å². The molecule has 1 fully saturated rings. The number of nitro groups is 1. The Morgan fingerprint density at radius 2 is 2.11 bits per heavy atom. The number of rotatable bonds is 3. The Hall–Kier alpha value is -1.21. The quantitative estimate of drug-likeness (QED) is 0.658. The summed E-state index contributed by atoms with van der Waals surface area (Å²) in [5.41, 5.74) is 6.04. The summed E-state index contributed by atoms with van der Waals surface area (Å²) >= 11 is 3.04. The summed E-state index contributed by atoms with van der Waals surface area (Å²) in [5.74, 6) is -0.648. The zero-order valence-electron chi connectivity index (χ0n) is 10.2. The summed E-state index contributed by atoms with van der Waals surface area (Å²) in [5, 5.41) is 14.0. The molecule has 0 amide bonds. The van der Waals surface area contributed by atoms with Crippen molar-refractivity contribution in [2.24, 2.45) is 5.73 Å². The van der Waals surface area contributed by atoms with Crippen LogP contribution >= 0.6 is 15.9 Å². The Kier molecular flexibility index (Phi) is 4.36. The molecule has 1 saturated carbocycles. The van der Waals surface area contributed by atoms with Gasteiger partial charge in [0, 0.05) is 12.1 Å². The Balaban J connectivity index is 2.27. The molecule has 1 aromatic carbocycles. The van der Waals surface area contributed by atoms with Crippen molar-refractivity contribution < 1.29 is 9.31 Å². The molecule has 0 unspecified atom stereocenters. The highest BCUT2D eigenvalue weighted by molar-refractivity contribution is 9.10. The summed E-state index contributed by atoms with van der Waals surface area (Å²) in [6, 6.07) is 2.28. The number of nitro benzene ring substituents is 1. The van der Waals surface area contributed by atoms with Crippen LogP contribution in [0.15, 0.2) is 16.6 Å². The zero-order valence-corrected chi connectivity index (χ0v) is 11.8. The highest BCUT2D eigenvalue weighted by Gasteiger charge is 2.25. The van der Waals surface area contributed by atoms with Gasteiger partial charge in [0.15, 0.2) is 0 Å². The van der Waals surface area contributed by atoms with Gasteiger partial charge in [0.25, 0.3) is 5.69 Å². The van der Waals surface area contributed by atoms with Crippen LogP contribution in [0.2, 0.25) is 0 Å². The average molecular weight is 332 g/mol. The van der Waals surface area contributed by atoms with Crippen LogP contribution in [-0.4, -0.2) is 17.0 Å². The normalized spacial score (nSPS) is 23.1. The molecule has 1 aliphatic carbocycles. The fourth-order valence-corrected chi connectivity index (χ4v) is 2.68. The third-order valence-electron chi connectivity index (χ3n) is 3.40. The molecule has 104 valence electrons. The minimum absolute atomic E-state index is 0.00943. The second-order valence-corrected chi connectivity index (χ2v) is 5.59. The van der Waals surface area contributed by atoms with E-state index in [9.17, 15) is 14.5 Å². The van der Waals surface area contributed by atoms with Gasteiger partial charge in [-0.1, -0.05) is 12.8 Å². The standard InChI is InChI=1S/C12H15BrFN3O2/c13-7-5-11(12(17(18)19)6-8(7)14)16-10-4-2-1-3-9(10)15/h5-6,9-10,16H,1-4,15H2/t9-,10-/m1/s1. The van der Waals surface area contributed by atoms with Gasteiger partial charge in [-0.05, 0) is 34.8 Å². The van der Waals surface area contributed by atoms with Crippen molar-refractivity contribution in [2.45, 2.75) is 37.8 Å². The molecule has 0 bridgehead atoms. The number of hydrogen-bond acceptors (Lipinski definition) is 4.